The van der Waals surface area contributed by atoms with Crippen LogP contribution in [0.15, 0.2) is 34.4 Å². The van der Waals surface area contributed by atoms with Crippen LogP contribution < -0.4 is 0 Å². The van der Waals surface area contributed by atoms with Crippen LogP contribution in [0.4, 0.5) is 0 Å². The number of allylic oxidation sites excluding steroid dienone is 1. The lowest BCUT2D eigenvalue weighted by molar-refractivity contribution is -0.126. The highest BCUT2D eigenvalue weighted by Crippen LogP contribution is 2.34. The van der Waals surface area contributed by atoms with Crippen LogP contribution in [-0.4, -0.2) is 54.1 Å². The molecule has 2 aliphatic rings. The van der Waals surface area contributed by atoms with Crippen LogP contribution in [0.1, 0.15) is 40.5 Å². The summed E-state index contributed by atoms with van der Waals surface area (Å²) in [5, 5.41) is 0. The summed E-state index contributed by atoms with van der Waals surface area (Å²) in [6, 6.07) is 0.336. The van der Waals surface area contributed by atoms with Crippen molar-refractivity contribution in [2.45, 2.75) is 52.7 Å². The van der Waals surface area contributed by atoms with E-state index in [0.29, 0.717) is 6.04 Å². The van der Waals surface area contributed by atoms with E-state index in [4.69, 9.17) is 0 Å². The number of nitrogens with zero attached hydrogens (tertiary/aromatic N) is 4. The second-order valence-electron chi connectivity index (χ2n) is 5.98. The Morgan fingerprint density at radius 1 is 1.43 bits per heavy atom. The molecular weight excluding hydrogens is 288 g/mol. The Morgan fingerprint density at radius 2 is 2.00 bits per heavy atom. The van der Waals surface area contributed by atoms with Gasteiger partial charge in [-0.15, -0.1) is 6.58 Å². The molecule has 5 heteroatoms. The maximum absolute atomic E-state index is 12.4. The van der Waals surface area contributed by atoms with Crippen LogP contribution in [-0.2, 0) is 4.79 Å². The van der Waals surface area contributed by atoms with Gasteiger partial charge in [-0.05, 0) is 32.8 Å². The number of fused-ring (bicyclic) bond motifs is 1. The van der Waals surface area contributed by atoms with Gasteiger partial charge in [0.25, 0.3) is 5.91 Å². The molecule has 0 aromatic heterocycles. The van der Waals surface area contributed by atoms with Crippen LogP contribution in [0.25, 0.3) is 0 Å². The summed E-state index contributed by atoms with van der Waals surface area (Å²) >= 11 is 0. The third-order valence-electron chi connectivity index (χ3n) is 3.97. The molecule has 0 fully saturated rings. The van der Waals surface area contributed by atoms with Gasteiger partial charge >= 0.3 is 0 Å². The Morgan fingerprint density at radius 3 is 2.48 bits per heavy atom. The number of aliphatic imine (C=N–C) groups is 2. The largest absolute Gasteiger partial charge is 0.344 e. The average molecular weight is 318 g/mol. The minimum absolute atomic E-state index is 0.00343. The average Bonchev–Trinajstić information content (AvgIpc) is 2.87. The minimum Gasteiger partial charge on any atom is -0.344 e. The highest BCUT2D eigenvalue weighted by Gasteiger charge is 2.40. The maximum Gasteiger partial charge on any atom is 0.269 e. The van der Waals surface area contributed by atoms with E-state index in [1.54, 1.807) is 25.1 Å². The monoisotopic (exact) mass is 318 g/mol. The van der Waals surface area contributed by atoms with Crippen molar-refractivity contribution in [1.29, 1.82) is 0 Å². The third-order valence-corrected chi connectivity index (χ3v) is 3.97. The predicted octanol–water partition coefficient (Wildman–Crippen LogP) is 3.10. The Labute approximate surface area is 140 Å². The second kappa shape index (κ2) is 8.65. The molecule has 2 rings (SSSR count). The fourth-order valence-electron chi connectivity index (χ4n) is 2.87. The fraction of sp³-hybridized carbons (Fsp3) is 0.611. The Bertz CT molecular complexity index is 515. The summed E-state index contributed by atoms with van der Waals surface area (Å²) in [5.74, 6) is 0.944. The lowest BCUT2D eigenvalue weighted by Crippen LogP contribution is -2.45. The molecule has 128 valence electrons. The first-order valence-corrected chi connectivity index (χ1v) is 8.28. The Hall–Kier alpha value is -1.91. The summed E-state index contributed by atoms with van der Waals surface area (Å²) < 4.78 is 0. The van der Waals surface area contributed by atoms with Gasteiger partial charge in [0.15, 0.2) is 0 Å². The van der Waals surface area contributed by atoms with Gasteiger partial charge in [-0.3, -0.25) is 4.79 Å². The number of likely N-dealkylation sites (N-methyl/N-ethyl adjacent to an activating group) is 1. The van der Waals surface area contributed by atoms with Crippen LogP contribution in [0.2, 0.25) is 0 Å². The molecule has 1 amide bonds. The summed E-state index contributed by atoms with van der Waals surface area (Å²) in [4.78, 5) is 25.2. The lowest BCUT2D eigenvalue weighted by Gasteiger charge is -2.36. The smallest absolute Gasteiger partial charge is 0.269 e. The lowest BCUT2D eigenvalue weighted by atomic mass is 10.1. The zero-order chi connectivity index (χ0) is 17.6. The van der Waals surface area contributed by atoms with Crippen molar-refractivity contribution in [2.24, 2.45) is 15.9 Å². The number of carbonyl (C=O) groups excluding carboxylic acids is 1. The molecule has 2 atom stereocenters. The fourth-order valence-corrected chi connectivity index (χ4v) is 2.87. The van der Waals surface area contributed by atoms with E-state index < -0.39 is 0 Å². The highest BCUT2D eigenvalue weighted by molar-refractivity contribution is 5.96. The molecule has 0 spiro atoms. The quantitative estimate of drug-likeness (QED) is 0.748. The number of hydrogen-bond donors (Lipinski definition) is 0. The molecule has 0 aliphatic carbocycles. The molecule has 2 heterocycles. The Balaban J connectivity index is 0.000000816. The van der Waals surface area contributed by atoms with Gasteiger partial charge in [0.1, 0.15) is 17.7 Å². The van der Waals surface area contributed by atoms with E-state index in [1.807, 2.05) is 26.1 Å². The van der Waals surface area contributed by atoms with Crippen LogP contribution >= 0.6 is 0 Å². The van der Waals surface area contributed by atoms with E-state index in [2.05, 4.69) is 35.3 Å². The molecule has 23 heavy (non-hydrogen) atoms. The summed E-state index contributed by atoms with van der Waals surface area (Å²) in [7, 11) is 3.58. The molecule has 0 N–H and O–H groups in total. The molecule has 2 unspecified atom stereocenters. The van der Waals surface area contributed by atoms with Crippen molar-refractivity contribution in [3.05, 3.63) is 24.4 Å². The first-order valence-electron chi connectivity index (χ1n) is 8.28. The summed E-state index contributed by atoms with van der Waals surface area (Å²) in [5.41, 5.74) is 0.767. The topological polar surface area (TPSA) is 48.3 Å². The zero-order valence-corrected chi connectivity index (χ0v) is 15.3. The third kappa shape index (κ3) is 4.30. The van der Waals surface area contributed by atoms with Gasteiger partial charge < -0.3 is 9.80 Å². The molecule has 0 bridgehead atoms. The van der Waals surface area contributed by atoms with Gasteiger partial charge in [0.2, 0.25) is 0 Å². The van der Waals surface area contributed by atoms with Crippen molar-refractivity contribution < 1.29 is 4.79 Å². The van der Waals surface area contributed by atoms with Gasteiger partial charge in [-0.25, -0.2) is 9.98 Å². The van der Waals surface area contributed by atoms with E-state index in [1.165, 1.54) is 0 Å². The SMILES string of the molecule is C=CC.CCC(CC)N1C(C(=O)N(C)C)=CC2C=NC(C)=NC21. The van der Waals surface area contributed by atoms with Crippen LogP contribution in [0, 0.1) is 5.92 Å². The number of rotatable bonds is 4. The van der Waals surface area contributed by atoms with Gasteiger partial charge in [-0.2, -0.15) is 0 Å². The first-order chi connectivity index (χ1) is 10.9. The van der Waals surface area contributed by atoms with Gasteiger partial charge in [0, 0.05) is 26.4 Å². The van der Waals surface area contributed by atoms with E-state index >= 15 is 0 Å². The number of carbonyl (C=O) groups is 1. The number of amidine groups is 1. The minimum atomic E-state index is -0.00343. The van der Waals surface area contributed by atoms with E-state index in [-0.39, 0.29) is 18.0 Å². The predicted molar refractivity (Wildman–Crippen MR) is 97.7 cm³/mol. The Kier molecular flexibility index (Phi) is 7.20. The van der Waals surface area contributed by atoms with Crippen molar-refractivity contribution >= 4 is 18.0 Å². The van der Waals surface area contributed by atoms with Crippen molar-refractivity contribution in [2.75, 3.05) is 14.1 Å². The number of hydrogen-bond acceptors (Lipinski definition) is 4. The van der Waals surface area contributed by atoms with E-state index in [0.717, 1.165) is 24.4 Å². The van der Waals surface area contributed by atoms with Gasteiger partial charge in [-0.1, -0.05) is 19.9 Å². The zero-order valence-electron chi connectivity index (χ0n) is 15.3. The molecule has 0 saturated carbocycles. The molecular formula is C18H30N4O. The normalized spacial score (nSPS) is 22.0. The second-order valence-corrected chi connectivity index (χ2v) is 5.98. The van der Waals surface area contributed by atoms with Crippen molar-refractivity contribution in [3.8, 4) is 0 Å². The van der Waals surface area contributed by atoms with E-state index in [9.17, 15) is 4.79 Å². The molecule has 5 nitrogen and oxygen atoms in total. The maximum atomic E-state index is 12.4. The van der Waals surface area contributed by atoms with Gasteiger partial charge in [0.05, 0.1) is 5.92 Å². The standard InChI is InChI=1S/C15H24N4O.C3H6/c1-6-12(7-2)19-13(15(20)18(4)5)8-11-9-16-10(3)17-14(11)19;1-3-2/h8-9,11-12,14H,6-7H2,1-5H3;3H,1H2,2H3. The molecule has 0 radical (unpaired) electrons. The molecule has 2 aliphatic heterocycles. The van der Waals surface area contributed by atoms with Crippen molar-refractivity contribution in [3.63, 3.8) is 0 Å². The van der Waals surface area contributed by atoms with Crippen molar-refractivity contribution in [1.82, 2.24) is 9.80 Å². The molecule has 0 aromatic rings. The first kappa shape index (κ1) is 19.1. The summed E-state index contributed by atoms with van der Waals surface area (Å²) in [6.07, 6.45) is 7.69. The molecule has 0 saturated heterocycles. The molecule has 0 aromatic carbocycles. The van der Waals surface area contributed by atoms with Crippen LogP contribution in [0.3, 0.4) is 0 Å². The van der Waals surface area contributed by atoms with Crippen LogP contribution in [0.5, 0.6) is 0 Å². The highest BCUT2D eigenvalue weighted by atomic mass is 16.2. The summed E-state index contributed by atoms with van der Waals surface area (Å²) in [6.45, 7) is 11.5. The number of amides is 1.